The predicted molar refractivity (Wildman–Crippen MR) is 89.8 cm³/mol. The molecule has 2 rings (SSSR count). The van der Waals surface area contributed by atoms with Crippen LogP contribution in [0.4, 0.5) is 5.82 Å². The molecule has 1 aromatic rings. The van der Waals surface area contributed by atoms with Gasteiger partial charge in [-0.3, -0.25) is 4.90 Å². The Morgan fingerprint density at radius 1 is 1.43 bits per heavy atom. The molecule has 0 aromatic carbocycles. The van der Waals surface area contributed by atoms with Crippen molar-refractivity contribution in [1.82, 2.24) is 9.88 Å². The maximum Gasteiger partial charge on any atom is 0.128 e. The number of pyridine rings is 1. The number of likely N-dealkylation sites (N-methyl/N-ethyl adjacent to an activating group) is 2. The van der Waals surface area contributed by atoms with E-state index in [2.05, 4.69) is 49.8 Å². The molecule has 1 aromatic heterocycles. The van der Waals surface area contributed by atoms with E-state index in [0.29, 0.717) is 18.5 Å². The number of likely N-dealkylation sites (tertiary alicyclic amines) is 1. The summed E-state index contributed by atoms with van der Waals surface area (Å²) in [5, 5.41) is 0. The number of nitrogens with zero attached hydrogens (tertiary/aromatic N) is 3. The van der Waals surface area contributed by atoms with E-state index in [9.17, 15) is 0 Å². The molecular weight excluding hydrogens is 260 g/mol. The first kappa shape index (κ1) is 16.2. The maximum atomic E-state index is 5.84. The highest BCUT2D eigenvalue weighted by Crippen LogP contribution is 2.22. The van der Waals surface area contributed by atoms with Crippen LogP contribution in [0.5, 0.6) is 0 Å². The molecule has 0 spiro atoms. The van der Waals surface area contributed by atoms with E-state index in [4.69, 9.17) is 10.7 Å². The lowest BCUT2D eigenvalue weighted by atomic mass is 10.1. The van der Waals surface area contributed by atoms with Crippen LogP contribution in [0.25, 0.3) is 0 Å². The van der Waals surface area contributed by atoms with Gasteiger partial charge in [0.2, 0.25) is 0 Å². The lowest BCUT2D eigenvalue weighted by Gasteiger charge is -2.29. The van der Waals surface area contributed by atoms with Gasteiger partial charge in [0.25, 0.3) is 0 Å². The highest BCUT2D eigenvalue weighted by Gasteiger charge is 2.24. The summed E-state index contributed by atoms with van der Waals surface area (Å²) < 4.78 is 0. The fourth-order valence-corrected chi connectivity index (χ4v) is 3.13. The molecule has 1 aliphatic heterocycles. The molecule has 4 nitrogen and oxygen atoms in total. The highest BCUT2D eigenvalue weighted by atomic mass is 15.2. The van der Waals surface area contributed by atoms with Crippen LogP contribution in [0.1, 0.15) is 50.8 Å². The van der Waals surface area contributed by atoms with Crippen molar-refractivity contribution in [2.45, 2.75) is 52.1 Å². The first-order valence-electron chi connectivity index (χ1n) is 8.21. The largest absolute Gasteiger partial charge is 0.358 e. The van der Waals surface area contributed by atoms with Gasteiger partial charge < -0.3 is 10.6 Å². The molecule has 0 amide bonds. The predicted octanol–water partition coefficient (Wildman–Crippen LogP) is 2.58. The summed E-state index contributed by atoms with van der Waals surface area (Å²) >= 11 is 0. The van der Waals surface area contributed by atoms with Gasteiger partial charge >= 0.3 is 0 Å². The summed E-state index contributed by atoms with van der Waals surface area (Å²) in [7, 11) is 2.15. The summed E-state index contributed by atoms with van der Waals surface area (Å²) in [5.41, 5.74) is 8.15. The summed E-state index contributed by atoms with van der Waals surface area (Å²) in [6.45, 7) is 10.6. The van der Waals surface area contributed by atoms with Crippen molar-refractivity contribution in [1.29, 1.82) is 0 Å². The Morgan fingerprint density at radius 3 is 2.81 bits per heavy atom. The Labute approximate surface area is 129 Å². The highest BCUT2D eigenvalue weighted by molar-refractivity contribution is 5.43. The zero-order valence-corrected chi connectivity index (χ0v) is 14.0. The molecule has 0 radical (unpaired) electrons. The Morgan fingerprint density at radius 2 is 2.19 bits per heavy atom. The molecule has 1 aliphatic rings. The Hall–Kier alpha value is -1.13. The van der Waals surface area contributed by atoms with Crippen molar-refractivity contribution in [3.63, 3.8) is 0 Å². The molecule has 2 heterocycles. The van der Waals surface area contributed by atoms with E-state index in [-0.39, 0.29) is 0 Å². The quantitative estimate of drug-likeness (QED) is 0.874. The van der Waals surface area contributed by atoms with Gasteiger partial charge in [0.1, 0.15) is 5.82 Å². The van der Waals surface area contributed by atoms with Crippen LogP contribution < -0.4 is 10.6 Å². The Kier molecular flexibility index (Phi) is 5.59. The fraction of sp³-hybridized carbons (Fsp3) is 0.706. The summed E-state index contributed by atoms with van der Waals surface area (Å²) in [6.07, 6.45) is 2.62. The zero-order valence-electron chi connectivity index (χ0n) is 14.0. The van der Waals surface area contributed by atoms with E-state index in [1.807, 2.05) is 0 Å². The van der Waals surface area contributed by atoms with E-state index in [1.165, 1.54) is 24.9 Å². The maximum absolute atomic E-state index is 5.84. The average Bonchev–Trinajstić information content (AvgIpc) is 2.93. The molecule has 1 fully saturated rings. The van der Waals surface area contributed by atoms with Crippen LogP contribution in [0, 0.1) is 0 Å². The molecule has 118 valence electrons. The minimum absolute atomic E-state index is 0.433. The normalized spacial score (nSPS) is 19.4. The zero-order chi connectivity index (χ0) is 15.4. The van der Waals surface area contributed by atoms with Crippen LogP contribution in [0.2, 0.25) is 0 Å². The average molecular weight is 290 g/mol. The number of hydrogen-bond acceptors (Lipinski definition) is 4. The molecule has 1 unspecified atom stereocenters. The topological polar surface area (TPSA) is 45.4 Å². The van der Waals surface area contributed by atoms with Crippen LogP contribution in [-0.4, -0.2) is 42.6 Å². The second kappa shape index (κ2) is 7.23. The second-order valence-corrected chi connectivity index (χ2v) is 6.42. The SMILES string of the molecule is CCN1CCCC1CN(C)c1cc(CN)cc(C(C)C)n1. The van der Waals surface area contributed by atoms with E-state index in [1.54, 1.807) is 0 Å². The second-order valence-electron chi connectivity index (χ2n) is 6.42. The smallest absolute Gasteiger partial charge is 0.128 e. The van der Waals surface area contributed by atoms with Crippen molar-refractivity contribution in [3.8, 4) is 0 Å². The Balaban J connectivity index is 2.14. The minimum atomic E-state index is 0.433. The summed E-state index contributed by atoms with van der Waals surface area (Å²) in [4.78, 5) is 9.70. The van der Waals surface area contributed by atoms with Gasteiger partial charge in [-0.1, -0.05) is 20.8 Å². The van der Waals surface area contributed by atoms with Crippen molar-refractivity contribution in [3.05, 3.63) is 23.4 Å². The number of rotatable bonds is 6. The monoisotopic (exact) mass is 290 g/mol. The molecule has 2 N–H and O–H groups in total. The van der Waals surface area contributed by atoms with E-state index >= 15 is 0 Å². The first-order chi connectivity index (χ1) is 10.0. The molecule has 0 bridgehead atoms. The van der Waals surface area contributed by atoms with Gasteiger partial charge in [-0.05, 0) is 49.5 Å². The van der Waals surface area contributed by atoms with Gasteiger partial charge in [0.15, 0.2) is 0 Å². The lowest BCUT2D eigenvalue weighted by molar-refractivity contribution is 0.270. The van der Waals surface area contributed by atoms with Gasteiger partial charge in [-0.25, -0.2) is 4.98 Å². The van der Waals surface area contributed by atoms with Gasteiger partial charge in [0.05, 0.1) is 0 Å². The van der Waals surface area contributed by atoms with Gasteiger partial charge in [-0.2, -0.15) is 0 Å². The van der Waals surface area contributed by atoms with Crippen LogP contribution >= 0.6 is 0 Å². The standard InChI is InChI=1S/C17H30N4/c1-5-21-8-6-7-15(21)12-20(4)17-10-14(11-18)9-16(19-17)13(2)3/h9-10,13,15H,5-8,11-12,18H2,1-4H3. The molecule has 0 aliphatic carbocycles. The Bertz CT molecular complexity index is 458. The molecular formula is C17H30N4. The van der Waals surface area contributed by atoms with Crippen molar-refractivity contribution in [2.24, 2.45) is 5.73 Å². The fourth-order valence-electron chi connectivity index (χ4n) is 3.13. The van der Waals surface area contributed by atoms with Crippen LogP contribution in [0.15, 0.2) is 12.1 Å². The van der Waals surface area contributed by atoms with Crippen LogP contribution in [-0.2, 0) is 6.54 Å². The molecule has 0 saturated carbocycles. The van der Waals surface area contributed by atoms with Gasteiger partial charge in [-0.15, -0.1) is 0 Å². The third-order valence-electron chi connectivity index (χ3n) is 4.50. The third kappa shape index (κ3) is 3.95. The number of aromatic nitrogens is 1. The summed E-state index contributed by atoms with van der Waals surface area (Å²) in [5.74, 6) is 1.49. The number of nitrogens with two attached hydrogens (primary N) is 1. The van der Waals surface area contributed by atoms with Crippen molar-refractivity contribution in [2.75, 3.05) is 31.6 Å². The summed E-state index contributed by atoms with van der Waals surface area (Å²) in [6, 6.07) is 4.93. The van der Waals surface area contributed by atoms with E-state index in [0.717, 1.165) is 24.6 Å². The molecule has 1 atom stereocenters. The molecule has 1 saturated heterocycles. The van der Waals surface area contributed by atoms with Crippen LogP contribution in [0.3, 0.4) is 0 Å². The first-order valence-corrected chi connectivity index (χ1v) is 8.21. The third-order valence-corrected chi connectivity index (χ3v) is 4.50. The number of hydrogen-bond donors (Lipinski definition) is 1. The van der Waals surface area contributed by atoms with Crippen molar-refractivity contribution < 1.29 is 0 Å². The number of anilines is 1. The minimum Gasteiger partial charge on any atom is -0.358 e. The van der Waals surface area contributed by atoms with Crippen molar-refractivity contribution >= 4 is 5.82 Å². The lowest BCUT2D eigenvalue weighted by Crippen LogP contribution is -2.39. The van der Waals surface area contributed by atoms with Gasteiger partial charge in [0, 0.05) is 31.9 Å². The molecule has 21 heavy (non-hydrogen) atoms. The van der Waals surface area contributed by atoms with E-state index < -0.39 is 0 Å². The molecule has 4 heteroatoms.